The average molecular weight is 498 g/mol. The summed E-state index contributed by atoms with van der Waals surface area (Å²) in [4.78, 5) is 26.8. The van der Waals surface area contributed by atoms with Crippen LogP contribution in [0.25, 0.3) is 5.69 Å². The Morgan fingerprint density at radius 1 is 1.18 bits per heavy atom. The van der Waals surface area contributed by atoms with Gasteiger partial charge in [-0.2, -0.15) is 23.5 Å². The lowest BCUT2D eigenvalue weighted by molar-refractivity contribution is -0.501. The normalized spacial score (nSPS) is 13.2. The van der Waals surface area contributed by atoms with Crippen LogP contribution >= 0.6 is 23.2 Å². The molecule has 1 atom stereocenters. The second kappa shape index (κ2) is 9.17. The van der Waals surface area contributed by atoms with E-state index in [1.165, 1.54) is 35.5 Å². The molecule has 0 saturated carbocycles. The number of nitriles is 1. The van der Waals surface area contributed by atoms with Crippen LogP contribution in [0.2, 0.25) is 10.0 Å². The van der Waals surface area contributed by atoms with Crippen molar-refractivity contribution < 1.29 is 22.9 Å². The van der Waals surface area contributed by atoms with Gasteiger partial charge in [0.15, 0.2) is 11.2 Å². The maximum atomic E-state index is 14.3. The minimum Gasteiger partial charge on any atom is -0.294 e. The molecule has 0 bridgehead atoms. The third-order valence-electron chi connectivity index (χ3n) is 4.92. The van der Waals surface area contributed by atoms with E-state index < -0.39 is 40.8 Å². The summed E-state index contributed by atoms with van der Waals surface area (Å²) in [5.41, 5.74) is -3.86. The summed E-state index contributed by atoms with van der Waals surface area (Å²) in [6.07, 6.45) is -4.00. The highest BCUT2D eigenvalue weighted by Gasteiger charge is 2.60. The first-order chi connectivity index (χ1) is 15.5. The molecule has 1 aromatic heterocycles. The van der Waals surface area contributed by atoms with E-state index in [9.17, 15) is 33.3 Å². The van der Waals surface area contributed by atoms with Crippen LogP contribution in [-0.2, 0) is 5.41 Å². The van der Waals surface area contributed by atoms with Gasteiger partial charge in [0.05, 0.1) is 11.3 Å². The van der Waals surface area contributed by atoms with Crippen molar-refractivity contribution in [2.24, 2.45) is 0 Å². The van der Waals surface area contributed by atoms with Crippen molar-refractivity contribution in [2.75, 3.05) is 6.54 Å². The summed E-state index contributed by atoms with van der Waals surface area (Å²) in [7, 11) is 0. The van der Waals surface area contributed by atoms with Crippen molar-refractivity contribution in [3.63, 3.8) is 0 Å². The molecule has 0 amide bonds. The van der Waals surface area contributed by atoms with Gasteiger partial charge in [0.25, 0.3) is 0 Å². The molecule has 1 heterocycles. The van der Waals surface area contributed by atoms with Gasteiger partial charge in [-0.15, -0.1) is 0 Å². The van der Waals surface area contributed by atoms with Crippen LogP contribution in [0.1, 0.15) is 27.9 Å². The lowest BCUT2D eigenvalue weighted by Gasteiger charge is -2.32. The van der Waals surface area contributed by atoms with E-state index >= 15 is 0 Å². The number of benzene rings is 2. The number of hydrogen-bond acceptors (Lipinski definition) is 6. The van der Waals surface area contributed by atoms with Crippen LogP contribution in [0, 0.1) is 21.4 Å². The highest BCUT2D eigenvalue weighted by atomic mass is 35.5. The highest BCUT2D eigenvalue weighted by Crippen LogP contribution is 2.46. The van der Waals surface area contributed by atoms with Crippen molar-refractivity contribution in [1.82, 2.24) is 14.8 Å². The van der Waals surface area contributed by atoms with Gasteiger partial charge in [-0.3, -0.25) is 14.9 Å². The number of aromatic nitrogens is 3. The van der Waals surface area contributed by atoms with Crippen LogP contribution in [0.5, 0.6) is 0 Å². The van der Waals surface area contributed by atoms with Gasteiger partial charge >= 0.3 is 6.18 Å². The molecule has 33 heavy (non-hydrogen) atoms. The van der Waals surface area contributed by atoms with Gasteiger partial charge in [-0.1, -0.05) is 23.2 Å². The predicted molar refractivity (Wildman–Crippen MR) is 111 cm³/mol. The maximum Gasteiger partial charge on any atom is 0.405 e. The molecular formula is C20H12Cl2F3N5O3. The largest absolute Gasteiger partial charge is 0.405 e. The average Bonchev–Trinajstić information content (AvgIpc) is 3.25. The summed E-state index contributed by atoms with van der Waals surface area (Å²) in [5, 5.41) is 24.2. The lowest BCUT2D eigenvalue weighted by Crippen LogP contribution is -2.49. The molecule has 0 aliphatic rings. The van der Waals surface area contributed by atoms with Crippen LogP contribution in [0.4, 0.5) is 13.2 Å². The van der Waals surface area contributed by atoms with Crippen molar-refractivity contribution in [1.29, 1.82) is 5.26 Å². The molecule has 3 aromatic rings. The second-order valence-electron chi connectivity index (χ2n) is 7.01. The topological polar surface area (TPSA) is 115 Å². The Balaban J connectivity index is 2.10. The highest BCUT2D eigenvalue weighted by molar-refractivity contribution is 6.34. The first-order valence-corrected chi connectivity index (χ1v) is 9.80. The van der Waals surface area contributed by atoms with Crippen molar-refractivity contribution in [3.8, 4) is 11.8 Å². The number of ketones is 1. The van der Waals surface area contributed by atoms with Crippen molar-refractivity contribution in [2.45, 2.75) is 18.0 Å². The summed E-state index contributed by atoms with van der Waals surface area (Å²) in [5.74, 6) is -1.06. The first-order valence-electron chi connectivity index (χ1n) is 9.04. The molecule has 170 valence electrons. The van der Waals surface area contributed by atoms with Crippen molar-refractivity contribution in [3.05, 3.63) is 85.9 Å². The van der Waals surface area contributed by atoms with Crippen LogP contribution in [0.3, 0.4) is 0 Å². The Morgan fingerprint density at radius 3 is 2.36 bits per heavy atom. The minimum atomic E-state index is -5.21. The Kier molecular flexibility index (Phi) is 6.71. The number of hydrogen-bond donors (Lipinski definition) is 0. The number of Topliss-reactive ketones (excluding diaryl/α,β-unsaturated/α-hetero) is 1. The van der Waals surface area contributed by atoms with E-state index in [1.54, 1.807) is 0 Å². The quantitative estimate of drug-likeness (QED) is 0.263. The van der Waals surface area contributed by atoms with Gasteiger partial charge in [-0.05, 0) is 42.0 Å². The van der Waals surface area contributed by atoms with Gasteiger partial charge in [-0.25, -0.2) is 9.67 Å². The molecule has 8 nitrogen and oxygen atoms in total. The molecule has 0 aliphatic carbocycles. The lowest BCUT2D eigenvalue weighted by atomic mass is 9.74. The van der Waals surface area contributed by atoms with E-state index in [0.717, 1.165) is 18.2 Å². The molecular weight excluding hydrogens is 486 g/mol. The smallest absolute Gasteiger partial charge is 0.294 e. The fraction of sp³-hybridized carbons (Fsp3) is 0.200. The van der Waals surface area contributed by atoms with Gasteiger partial charge in [0, 0.05) is 27.0 Å². The second-order valence-corrected chi connectivity index (χ2v) is 7.89. The molecule has 0 N–H and O–H groups in total. The first kappa shape index (κ1) is 24.2. The third-order valence-corrected chi connectivity index (χ3v) is 5.36. The molecule has 0 saturated heterocycles. The minimum absolute atomic E-state index is 0.0518. The van der Waals surface area contributed by atoms with Crippen molar-refractivity contribution >= 4 is 29.0 Å². The fourth-order valence-corrected chi connectivity index (χ4v) is 3.89. The Morgan fingerprint density at radius 2 is 1.85 bits per heavy atom. The predicted octanol–water partition coefficient (Wildman–Crippen LogP) is 4.80. The standard InChI is InChI=1S/C20H12Cl2F3N5O3/c21-15-4-14(5-16(22)6-15)19(9-30(32)33,20(23,24)25)7-18(31)12-1-2-17(13(3-12)8-26)29-11-27-10-28-29/h1-6,10-11H,7,9H2/t19-/m0/s1. The Labute approximate surface area is 194 Å². The van der Waals surface area contributed by atoms with E-state index in [4.69, 9.17) is 23.2 Å². The summed E-state index contributed by atoms with van der Waals surface area (Å²) >= 11 is 11.7. The molecule has 13 heteroatoms. The molecule has 2 aromatic carbocycles. The Hall–Kier alpha value is -3.49. The number of rotatable bonds is 7. The summed E-state index contributed by atoms with van der Waals surface area (Å²) in [6.45, 7) is -1.62. The monoisotopic (exact) mass is 497 g/mol. The van der Waals surface area contributed by atoms with E-state index in [0.29, 0.717) is 0 Å². The van der Waals surface area contributed by atoms with E-state index in [-0.39, 0.29) is 26.9 Å². The number of alkyl halides is 3. The molecule has 3 rings (SSSR count). The van der Waals surface area contributed by atoms with E-state index in [1.807, 2.05) is 6.07 Å². The third kappa shape index (κ3) is 4.97. The molecule has 0 unspecified atom stereocenters. The van der Waals surface area contributed by atoms with E-state index in [2.05, 4.69) is 10.1 Å². The summed E-state index contributed by atoms with van der Waals surface area (Å²) in [6, 6.07) is 8.43. The summed E-state index contributed by atoms with van der Waals surface area (Å²) < 4.78 is 44.3. The van der Waals surface area contributed by atoms with Crippen LogP contribution < -0.4 is 0 Å². The van der Waals surface area contributed by atoms with Gasteiger partial charge in [0.2, 0.25) is 6.54 Å². The number of nitro groups is 1. The van der Waals surface area contributed by atoms with Crippen LogP contribution in [-0.4, -0.2) is 38.2 Å². The zero-order valence-corrected chi connectivity index (χ0v) is 17.9. The zero-order valence-electron chi connectivity index (χ0n) is 16.4. The van der Waals surface area contributed by atoms with Gasteiger partial charge < -0.3 is 0 Å². The fourth-order valence-electron chi connectivity index (χ4n) is 3.36. The Bertz CT molecular complexity index is 1240. The SMILES string of the molecule is N#Cc1cc(C(=O)C[C@](C[N+](=O)[O-])(c2cc(Cl)cc(Cl)c2)C(F)(F)F)ccc1-n1cncn1. The molecule has 0 aliphatic heterocycles. The number of carbonyl (C=O) groups excluding carboxylic acids is 1. The molecule has 0 spiro atoms. The number of halogens is 5. The maximum absolute atomic E-state index is 14.3. The van der Waals surface area contributed by atoms with Gasteiger partial charge in [0.1, 0.15) is 18.7 Å². The van der Waals surface area contributed by atoms with Crippen LogP contribution in [0.15, 0.2) is 49.1 Å². The molecule has 0 fully saturated rings. The zero-order chi connectivity index (χ0) is 24.4. The molecule has 0 radical (unpaired) electrons. The number of carbonyl (C=O) groups is 1. The number of nitrogens with zero attached hydrogens (tertiary/aromatic N) is 5.